The van der Waals surface area contributed by atoms with E-state index in [4.69, 9.17) is 9.47 Å². The van der Waals surface area contributed by atoms with Crippen molar-refractivity contribution < 1.29 is 14.3 Å². The van der Waals surface area contributed by atoms with Gasteiger partial charge in [0, 0.05) is 32.1 Å². The Morgan fingerprint density at radius 2 is 1.90 bits per heavy atom. The monoisotopic (exact) mass is 422 g/mol. The van der Waals surface area contributed by atoms with Crippen molar-refractivity contribution in [1.82, 2.24) is 10.6 Å². The van der Waals surface area contributed by atoms with Crippen LogP contribution in [0.3, 0.4) is 0 Å². The summed E-state index contributed by atoms with van der Waals surface area (Å²) in [5, 5.41) is 6.92. The number of aliphatic imine (C=N–C) groups is 1. The zero-order valence-electron chi connectivity index (χ0n) is 18.4. The first kappa shape index (κ1) is 21.0. The lowest BCUT2D eigenvalue weighted by atomic mass is 9.90. The number of guanidine groups is 1. The zero-order chi connectivity index (χ0) is 21.8. The highest BCUT2D eigenvalue weighted by Gasteiger charge is 2.34. The van der Waals surface area contributed by atoms with Gasteiger partial charge in [0.1, 0.15) is 17.1 Å². The van der Waals surface area contributed by atoms with Gasteiger partial charge in [0.25, 0.3) is 5.91 Å². The van der Waals surface area contributed by atoms with Crippen LogP contribution in [-0.4, -0.2) is 44.2 Å². The predicted molar refractivity (Wildman–Crippen MR) is 122 cm³/mol. The molecule has 0 fully saturated rings. The first-order valence-corrected chi connectivity index (χ1v) is 10.7. The molecule has 2 N–H and O–H groups in total. The van der Waals surface area contributed by atoms with E-state index < -0.39 is 0 Å². The lowest BCUT2D eigenvalue weighted by molar-refractivity contribution is -0.121. The minimum Gasteiger partial charge on any atom is -0.487 e. The Balaban J connectivity index is 1.34. The molecule has 0 radical (unpaired) electrons. The molecule has 1 atom stereocenters. The summed E-state index contributed by atoms with van der Waals surface area (Å²) in [4.78, 5) is 18.5. The molecule has 2 heterocycles. The molecule has 0 aliphatic carbocycles. The SMILES string of the molecule is CN=C(NCCCN1C(=O)COc2ccccc21)NC1CC(C)(C)Oc2ccccc21. The summed E-state index contributed by atoms with van der Waals surface area (Å²) >= 11 is 0. The van der Waals surface area contributed by atoms with E-state index >= 15 is 0 Å². The number of nitrogens with one attached hydrogen (secondary N) is 2. The van der Waals surface area contributed by atoms with Crippen LogP contribution >= 0.6 is 0 Å². The van der Waals surface area contributed by atoms with Crippen LogP contribution in [0.1, 0.15) is 38.3 Å². The van der Waals surface area contributed by atoms with Gasteiger partial charge in [0.05, 0.1) is 11.7 Å². The predicted octanol–water partition coefficient (Wildman–Crippen LogP) is 3.27. The Morgan fingerprint density at radius 3 is 2.71 bits per heavy atom. The number of nitrogens with zero attached hydrogens (tertiary/aromatic N) is 2. The largest absolute Gasteiger partial charge is 0.487 e. The first-order valence-electron chi connectivity index (χ1n) is 10.7. The minimum atomic E-state index is -0.255. The number of carbonyl (C=O) groups excluding carboxylic acids is 1. The van der Waals surface area contributed by atoms with Gasteiger partial charge in [-0.05, 0) is 38.5 Å². The highest BCUT2D eigenvalue weighted by atomic mass is 16.5. The number of hydrogen-bond donors (Lipinski definition) is 2. The van der Waals surface area contributed by atoms with Gasteiger partial charge < -0.3 is 25.0 Å². The Labute approximate surface area is 183 Å². The van der Waals surface area contributed by atoms with E-state index in [0.717, 1.165) is 41.6 Å². The summed E-state index contributed by atoms with van der Waals surface area (Å²) in [5.41, 5.74) is 1.72. The maximum atomic E-state index is 12.3. The van der Waals surface area contributed by atoms with E-state index in [1.165, 1.54) is 0 Å². The zero-order valence-corrected chi connectivity index (χ0v) is 18.4. The normalized spacial score (nSPS) is 19.6. The molecule has 2 aliphatic heterocycles. The first-order chi connectivity index (χ1) is 15.0. The maximum Gasteiger partial charge on any atom is 0.265 e. The Hall–Kier alpha value is -3.22. The average molecular weight is 423 g/mol. The Morgan fingerprint density at radius 1 is 1.16 bits per heavy atom. The highest BCUT2D eigenvalue weighted by Crippen LogP contribution is 2.39. The second-order valence-electron chi connectivity index (χ2n) is 8.45. The van der Waals surface area contributed by atoms with Gasteiger partial charge in [-0.2, -0.15) is 0 Å². The van der Waals surface area contributed by atoms with Crippen molar-refractivity contribution in [2.75, 3.05) is 31.6 Å². The van der Waals surface area contributed by atoms with Crippen molar-refractivity contribution in [2.24, 2.45) is 4.99 Å². The van der Waals surface area contributed by atoms with Gasteiger partial charge in [-0.3, -0.25) is 9.79 Å². The number of hydrogen-bond acceptors (Lipinski definition) is 4. The summed E-state index contributed by atoms with van der Waals surface area (Å²) in [6.07, 6.45) is 1.63. The van der Waals surface area contributed by atoms with E-state index in [0.29, 0.717) is 13.1 Å². The third-order valence-electron chi connectivity index (χ3n) is 5.57. The molecule has 0 aromatic heterocycles. The topological polar surface area (TPSA) is 75.2 Å². The second kappa shape index (κ2) is 8.88. The Bertz CT molecular complexity index is 973. The number of ether oxygens (including phenoxy) is 2. The van der Waals surface area contributed by atoms with Crippen molar-refractivity contribution in [3.63, 3.8) is 0 Å². The molecular formula is C24H30N4O3. The van der Waals surface area contributed by atoms with Crippen LogP contribution in [0.2, 0.25) is 0 Å². The van der Waals surface area contributed by atoms with Gasteiger partial charge >= 0.3 is 0 Å². The highest BCUT2D eigenvalue weighted by molar-refractivity contribution is 5.97. The molecule has 31 heavy (non-hydrogen) atoms. The molecule has 4 rings (SSSR count). The number of rotatable bonds is 5. The number of fused-ring (bicyclic) bond motifs is 2. The van der Waals surface area contributed by atoms with Gasteiger partial charge in [0.15, 0.2) is 12.6 Å². The second-order valence-corrected chi connectivity index (χ2v) is 8.45. The van der Waals surface area contributed by atoms with Crippen LogP contribution in [-0.2, 0) is 4.79 Å². The number of amides is 1. The maximum absolute atomic E-state index is 12.3. The van der Waals surface area contributed by atoms with Crippen molar-refractivity contribution in [2.45, 2.75) is 38.3 Å². The molecule has 7 heteroatoms. The Kier molecular flexibility index (Phi) is 6.02. The number of anilines is 1. The van der Waals surface area contributed by atoms with Crippen LogP contribution < -0.4 is 25.0 Å². The number of carbonyl (C=O) groups is 1. The summed E-state index contributed by atoms with van der Waals surface area (Å²) in [6.45, 7) is 5.61. The van der Waals surface area contributed by atoms with Crippen LogP contribution in [0.4, 0.5) is 5.69 Å². The molecule has 0 saturated carbocycles. The van der Waals surface area contributed by atoms with Gasteiger partial charge in [-0.25, -0.2) is 0 Å². The van der Waals surface area contributed by atoms with E-state index in [2.05, 4.69) is 35.5 Å². The fourth-order valence-electron chi connectivity index (χ4n) is 4.13. The molecule has 1 amide bonds. The molecule has 164 valence electrons. The van der Waals surface area contributed by atoms with Crippen molar-refractivity contribution in [3.8, 4) is 11.5 Å². The van der Waals surface area contributed by atoms with E-state index in [-0.39, 0.29) is 24.2 Å². The molecular weight excluding hydrogens is 392 g/mol. The van der Waals surface area contributed by atoms with Gasteiger partial charge in [-0.15, -0.1) is 0 Å². The van der Waals surface area contributed by atoms with E-state index in [1.807, 2.05) is 42.5 Å². The molecule has 0 spiro atoms. The molecule has 1 unspecified atom stereocenters. The quantitative estimate of drug-likeness (QED) is 0.439. The summed E-state index contributed by atoms with van der Waals surface area (Å²) in [7, 11) is 1.77. The molecule has 0 saturated heterocycles. The lowest BCUT2D eigenvalue weighted by Gasteiger charge is -2.38. The van der Waals surface area contributed by atoms with Crippen molar-refractivity contribution in [1.29, 1.82) is 0 Å². The summed E-state index contributed by atoms with van der Waals surface area (Å²) < 4.78 is 11.6. The molecule has 2 aromatic rings. The van der Waals surface area contributed by atoms with Gasteiger partial charge in [0.2, 0.25) is 0 Å². The van der Waals surface area contributed by atoms with Crippen LogP contribution in [0.15, 0.2) is 53.5 Å². The third kappa shape index (κ3) is 4.76. The fourth-order valence-corrected chi connectivity index (χ4v) is 4.13. The lowest BCUT2D eigenvalue weighted by Crippen LogP contribution is -2.46. The molecule has 0 bridgehead atoms. The molecule has 7 nitrogen and oxygen atoms in total. The van der Waals surface area contributed by atoms with Crippen molar-refractivity contribution in [3.05, 3.63) is 54.1 Å². The van der Waals surface area contributed by atoms with Gasteiger partial charge in [-0.1, -0.05) is 30.3 Å². The molecule has 2 aliphatic rings. The minimum absolute atomic E-state index is 0.0118. The number of benzene rings is 2. The van der Waals surface area contributed by atoms with Crippen LogP contribution in [0.5, 0.6) is 11.5 Å². The summed E-state index contributed by atoms with van der Waals surface area (Å²) in [5.74, 6) is 2.40. The standard InChI is InChI=1S/C24H30N4O3/c1-24(2)15-18(17-9-4-6-11-20(17)31-24)27-23(25-3)26-13-8-14-28-19-10-5-7-12-21(19)30-16-22(28)29/h4-7,9-12,18H,8,13-16H2,1-3H3,(H2,25,26,27). The van der Waals surface area contributed by atoms with Crippen LogP contribution in [0.25, 0.3) is 0 Å². The van der Waals surface area contributed by atoms with E-state index in [9.17, 15) is 4.79 Å². The average Bonchev–Trinajstić information content (AvgIpc) is 2.76. The smallest absolute Gasteiger partial charge is 0.265 e. The van der Waals surface area contributed by atoms with Crippen molar-refractivity contribution >= 4 is 17.6 Å². The molecule has 2 aromatic carbocycles. The summed E-state index contributed by atoms with van der Waals surface area (Å²) in [6, 6.07) is 15.9. The third-order valence-corrected chi connectivity index (χ3v) is 5.57. The van der Waals surface area contributed by atoms with E-state index in [1.54, 1.807) is 11.9 Å². The van der Waals surface area contributed by atoms with Crippen LogP contribution in [0, 0.1) is 0 Å². The number of para-hydroxylation sites is 3. The fraction of sp³-hybridized carbons (Fsp3) is 0.417.